The van der Waals surface area contributed by atoms with Crippen molar-refractivity contribution in [3.8, 4) is 5.69 Å². The number of piperidine rings is 1. The Morgan fingerprint density at radius 3 is 2.75 bits per heavy atom. The molecule has 0 radical (unpaired) electrons. The molecule has 0 saturated carbocycles. The summed E-state index contributed by atoms with van der Waals surface area (Å²) in [6.45, 7) is 5.20. The third kappa shape index (κ3) is 2.94. The lowest BCUT2D eigenvalue weighted by atomic mass is 9.90. The van der Waals surface area contributed by atoms with Crippen LogP contribution in [-0.4, -0.2) is 39.7 Å². The number of benzene rings is 1. The molecule has 0 bridgehead atoms. The van der Waals surface area contributed by atoms with Crippen LogP contribution in [0.15, 0.2) is 30.5 Å². The van der Waals surface area contributed by atoms with E-state index in [9.17, 15) is 9.18 Å². The van der Waals surface area contributed by atoms with Crippen molar-refractivity contribution in [3.05, 3.63) is 47.5 Å². The maximum atomic E-state index is 13.1. The second kappa shape index (κ2) is 6.73. The van der Waals surface area contributed by atoms with E-state index in [0.717, 1.165) is 30.8 Å². The van der Waals surface area contributed by atoms with Crippen molar-refractivity contribution in [1.82, 2.24) is 14.7 Å². The predicted molar refractivity (Wildman–Crippen MR) is 90.5 cm³/mol. The fourth-order valence-corrected chi connectivity index (χ4v) is 3.48. The Bertz CT molecular complexity index is 725. The number of hydrogen-bond acceptors (Lipinski definition) is 3. The first kappa shape index (κ1) is 16.6. The SMILES string of the molecule is Cc1c(C(=O)N2CCCC(C)C2CN)cnn1-c1ccc(F)cc1. The zero-order valence-electron chi connectivity index (χ0n) is 14.1. The zero-order valence-corrected chi connectivity index (χ0v) is 14.1. The summed E-state index contributed by atoms with van der Waals surface area (Å²) in [5, 5.41) is 4.32. The third-order valence-corrected chi connectivity index (χ3v) is 4.93. The zero-order chi connectivity index (χ0) is 17.3. The number of aromatic nitrogens is 2. The Kier molecular flexibility index (Phi) is 4.66. The van der Waals surface area contributed by atoms with Gasteiger partial charge in [0.2, 0.25) is 0 Å². The van der Waals surface area contributed by atoms with E-state index < -0.39 is 0 Å². The van der Waals surface area contributed by atoms with Gasteiger partial charge in [-0.05, 0) is 49.9 Å². The molecule has 0 aliphatic carbocycles. The molecule has 1 fully saturated rings. The van der Waals surface area contributed by atoms with Crippen molar-refractivity contribution in [3.63, 3.8) is 0 Å². The molecule has 24 heavy (non-hydrogen) atoms. The highest BCUT2D eigenvalue weighted by Gasteiger charge is 2.32. The molecule has 2 heterocycles. The predicted octanol–water partition coefficient (Wildman–Crippen LogP) is 2.52. The molecule has 1 saturated heterocycles. The molecule has 1 amide bonds. The smallest absolute Gasteiger partial charge is 0.257 e. The van der Waals surface area contributed by atoms with Crippen LogP contribution >= 0.6 is 0 Å². The van der Waals surface area contributed by atoms with Crippen molar-refractivity contribution in [2.24, 2.45) is 11.7 Å². The molecule has 1 aliphatic heterocycles. The fourth-order valence-electron chi connectivity index (χ4n) is 3.48. The number of nitrogens with zero attached hydrogens (tertiary/aromatic N) is 3. The van der Waals surface area contributed by atoms with Crippen molar-refractivity contribution in [2.45, 2.75) is 32.7 Å². The Hall–Kier alpha value is -2.21. The Labute approximate surface area is 141 Å². The van der Waals surface area contributed by atoms with Gasteiger partial charge in [-0.3, -0.25) is 4.79 Å². The minimum atomic E-state index is -0.298. The molecule has 128 valence electrons. The van der Waals surface area contributed by atoms with Crippen LogP contribution in [0.1, 0.15) is 35.8 Å². The average molecular weight is 330 g/mol. The molecule has 0 spiro atoms. The highest BCUT2D eigenvalue weighted by atomic mass is 19.1. The number of nitrogens with two attached hydrogens (primary N) is 1. The van der Waals surface area contributed by atoms with Crippen LogP contribution in [0.2, 0.25) is 0 Å². The molecule has 5 nitrogen and oxygen atoms in total. The summed E-state index contributed by atoms with van der Waals surface area (Å²) >= 11 is 0. The molecule has 1 aromatic heterocycles. The van der Waals surface area contributed by atoms with E-state index in [1.807, 2.05) is 11.8 Å². The minimum absolute atomic E-state index is 0.0251. The molecule has 2 N–H and O–H groups in total. The molecular formula is C18H23FN4O. The molecule has 6 heteroatoms. The molecule has 3 rings (SSSR count). The van der Waals surface area contributed by atoms with Crippen molar-refractivity contribution in [1.29, 1.82) is 0 Å². The van der Waals surface area contributed by atoms with Gasteiger partial charge in [0.1, 0.15) is 5.82 Å². The first-order chi connectivity index (χ1) is 11.5. The van der Waals surface area contributed by atoms with Gasteiger partial charge in [0.25, 0.3) is 5.91 Å². The second-order valence-corrected chi connectivity index (χ2v) is 6.45. The van der Waals surface area contributed by atoms with Gasteiger partial charge in [-0.15, -0.1) is 0 Å². The van der Waals surface area contributed by atoms with Crippen LogP contribution in [0.25, 0.3) is 5.69 Å². The van der Waals surface area contributed by atoms with E-state index in [1.54, 1.807) is 23.0 Å². The normalized spacial score (nSPS) is 21.1. The van der Waals surface area contributed by atoms with Gasteiger partial charge in [-0.25, -0.2) is 9.07 Å². The molecular weight excluding hydrogens is 307 g/mol. The van der Waals surface area contributed by atoms with Crippen LogP contribution < -0.4 is 5.73 Å². The van der Waals surface area contributed by atoms with Gasteiger partial charge in [-0.2, -0.15) is 5.10 Å². The molecule has 1 aromatic carbocycles. The third-order valence-electron chi connectivity index (χ3n) is 4.93. The number of hydrogen-bond donors (Lipinski definition) is 1. The van der Waals surface area contributed by atoms with E-state index in [2.05, 4.69) is 12.0 Å². The first-order valence-electron chi connectivity index (χ1n) is 8.34. The summed E-state index contributed by atoms with van der Waals surface area (Å²) in [7, 11) is 0. The number of halogens is 1. The largest absolute Gasteiger partial charge is 0.334 e. The van der Waals surface area contributed by atoms with E-state index in [1.165, 1.54) is 12.1 Å². The lowest BCUT2D eigenvalue weighted by Crippen LogP contribution is -2.51. The van der Waals surface area contributed by atoms with Crippen molar-refractivity contribution in [2.75, 3.05) is 13.1 Å². The minimum Gasteiger partial charge on any atom is -0.334 e. The highest BCUT2D eigenvalue weighted by Crippen LogP contribution is 2.25. The van der Waals surface area contributed by atoms with Gasteiger partial charge in [0.05, 0.1) is 23.1 Å². The van der Waals surface area contributed by atoms with Gasteiger partial charge >= 0.3 is 0 Å². The monoisotopic (exact) mass is 330 g/mol. The summed E-state index contributed by atoms with van der Waals surface area (Å²) in [5.41, 5.74) is 7.96. The van der Waals surface area contributed by atoms with Gasteiger partial charge < -0.3 is 10.6 Å². The number of carbonyl (C=O) groups excluding carboxylic acids is 1. The molecule has 2 atom stereocenters. The highest BCUT2D eigenvalue weighted by molar-refractivity contribution is 5.95. The first-order valence-corrected chi connectivity index (χ1v) is 8.34. The van der Waals surface area contributed by atoms with Gasteiger partial charge in [0, 0.05) is 19.1 Å². The summed E-state index contributed by atoms with van der Waals surface area (Å²) < 4.78 is 14.8. The Morgan fingerprint density at radius 1 is 1.38 bits per heavy atom. The quantitative estimate of drug-likeness (QED) is 0.940. The van der Waals surface area contributed by atoms with E-state index >= 15 is 0 Å². The Balaban J connectivity index is 1.90. The van der Waals surface area contributed by atoms with E-state index in [-0.39, 0.29) is 17.8 Å². The molecule has 1 aliphatic rings. The van der Waals surface area contributed by atoms with Crippen LogP contribution in [-0.2, 0) is 0 Å². The van der Waals surface area contributed by atoms with Gasteiger partial charge in [-0.1, -0.05) is 6.92 Å². The maximum absolute atomic E-state index is 13.1. The topological polar surface area (TPSA) is 64.2 Å². The van der Waals surface area contributed by atoms with Gasteiger partial charge in [0.15, 0.2) is 0 Å². The second-order valence-electron chi connectivity index (χ2n) is 6.45. The number of amides is 1. The number of rotatable bonds is 3. The van der Waals surface area contributed by atoms with Crippen LogP contribution in [0, 0.1) is 18.7 Å². The summed E-state index contributed by atoms with van der Waals surface area (Å²) in [4.78, 5) is 14.9. The lowest BCUT2D eigenvalue weighted by molar-refractivity contribution is 0.0532. The number of carbonyl (C=O) groups is 1. The summed E-state index contributed by atoms with van der Waals surface area (Å²) in [6.07, 6.45) is 3.68. The van der Waals surface area contributed by atoms with Crippen LogP contribution in [0.5, 0.6) is 0 Å². The van der Waals surface area contributed by atoms with E-state index in [0.29, 0.717) is 18.0 Å². The lowest BCUT2D eigenvalue weighted by Gasteiger charge is -2.39. The summed E-state index contributed by atoms with van der Waals surface area (Å²) in [5.74, 6) is 0.0796. The number of likely N-dealkylation sites (tertiary alicyclic amines) is 1. The standard InChI is InChI=1S/C18H23FN4O/c1-12-4-3-9-22(17(12)10-20)18(24)16-11-21-23(13(16)2)15-7-5-14(19)6-8-15/h5-8,11-12,17H,3-4,9-10,20H2,1-2H3. The average Bonchev–Trinajstić information content (AvgIpc) is 2.96. The van der Waals surface area contributed by atoms with Crippen molar-refractivity contribution < 1.29 is 9.18 Å². The molecule has 2 aromatic rings. The van der Waals surface area contributed by atoms with Crippen molar-refractivity contribution >= 4 is 5.91 Å². The van der Waals surface area contributed by atoms with E-state index in [4.69, 9.17) is 5.73 Å². The molecule has 2 unspecified atom stereocenters. The summed E-state index contributed by atoms with van der Waals surface area (Å²) in [6, 6.07) is 6.13. The Morgan fingerprint density at radius 2 is 2.08 bits per heavy atom. The van der Waals surface area contributed by atoms with Crippen LogP contribution in [0.4, 0.5) is 4.39 Å². The maximum Gasteiger partial charge on any atom is 0.257 e. The van der Waals surface area contributed by atoms with Crippen LogP contribution in [0.3, 0.4) is 0 Å². The fraction of sp³-hybridized carbons (Fsp3) is 0.444.